The average Bonchev–Trinajstić information content (AvgIpc) is 3.62. The van der Waals surface area contributed by atoms with Crippen LogP contribution >= 0.6 is 0 Å². The molecule has 5 rings (SSSR count). The van der Waals surface area contributed by atoms with Crippen molar-refractivity contribution < 1.29 is 22.8 Å². The fourth-order valence-corrected chi connectivity index (χ4v) is 6.07. The molecule has 2 aliphatic heterocycles. The quantitative estimate of drug-likeness (QED) is 0.562. The Morgan fingerprint density at radius 1 is 1.11 bits per heavy atom. The van der Waals surface area contributed by atoms with Crippen molar-refractivity contribution in [1.29, 1.82) is 0 Å². The third kappa shape index (κ3) is 4.87. The van der Waals surface area contributed by atoms with Gasteiger partial charge in [-0.05, 0) is 69.2 Å². The molecule has 0 bridgehead atoms. The minimum Gasteiger partial charge on any atom is -0.372 e. The molecule has 0 spiro atoms. The van der Waals surface area contributed by atoms with Crippen molar-refractivity contribution in [3.05, 3.63) is 47.3 Å². The van der Waals surface area contributed by atoms with E-state index < -0.39 is 11.7 Å². The largest absolute Gasteiger partial charge is 0.416 e. The summed E-state index contributed by atoms with van der Waals surface area (Å²) in [6.45, 7) is 4.48. The molecule has 3 fully saturated rings. The van der Waals surface area contributed by atoms with Crippen LogP contribution in [-0.4, -0.2) is 70.7 Å². The number of ketones is 1. The van der Waals surface area contributed by atoms with Crippen molar-refractivity contribution in [3.63, 3.8) is 0 Å². The Labute approximate surface area is 208 Å². The summed E-state index contributed by atoms with van der Waals surface area (Å²) in [6.07, 6.45) is 2.18. The highest BCUT2D eigenvalue weighted by Crippen LogP contribution is 2.41. The lowest BCUT2D eigenvalue weighted by atomic mass is 10.0. The Balaban J connectivity index is 1.22. The number of nitrogens with zero attached hydrogens (tertiary/aromatic N) is 5. The summed E-state index contributed by atoms with van der Waals surface area (Å²) in [4.78, 5) is 30.1. The highest BCUT2D eigenvalue weighted by molar-refractivity contribution is 5.94. The molecular formula is C26H32F3N5O2. The minimum atomic E-state index is -4.40. The van der Waals surface area contributed by atoms with Crippen LogP contribution in [-0.2, 0) is 12.7 Å². The van der Waals surface area contributed by atoms with Gasteiger partial charge in [-0.25, -0.2) is 4.79 Å². The SMILES string of the molecule is CC(=O)c1cnn(C(=O)N2C[C@H]3CC(N(C)Cc4ccc(N5CCCC5)cc4C(F)(F)F)C[C@H]3C2)c1. The summed E-state index contributed by atoms with van der Waals surface area (Å²) in [6, 6.07) is 4.71. The number of fused-ring (bicyclic) bond motifs is 1. The summed E-state index contributed by atoms with van der Waals surface area (Å²) >= 11 is 0. The van der Waals surface area contributed by atoms with Crippen LogP contribution < -0.4 is 4.90 Å². The van der Waals surface area contributed by atoms with E-state index in [1.807, 2.05) is 22.9 Å². The standard InChI is InChI=1S/C26H32F3N5O2/c1-17(35)21-12-30-34(16-21)25(36)33-14-19-9-23(10-20(19)15-33)31(2)13-18-5-6-22(32-7-3-4-8-32)11-24(18)26(27,28)29/h5-6,11-12,16,19-20,23H,3-4,7-10,13-15H2,1-2H3/t19-,20+,23?. The lowest BCUT2D eigenvalue weighted by Gasteiger charge is -2.28. The Bertz CT molecular complexity index is 1130. The van der Waals surface area contributed by atoms with E-state index in [0.717, 1.165) is 38.8 Å². The maximum absolute atomic E-state index is 13.9. The molecule has 3 heterocycles. The molecule has 1 aromatic heterocycles. The summed E-state index contributed by atoms with van der Waals surface area (Å²) in [5, 5.41) is 4.03. The second-order valence-electron chi connectivity index (χ2n) is 10.5. The van der Waals surface area contributed by atoms with Crippen molar-refractivity contribution in [3.8, 4) is 0 Å². The number of Topliss-reactive ketones (excluding diaryl/α,β-unsaturated/α-hetero) is 1. The van der Waals surface area contributed by atoms with Gasteiger partial charge in [0.2, 0.25) is 0 Å². The Hall–Kier alpha value is -2.88. The molecule has 7 nitrogen and oxygen atoms in total. The van der Waals surface area contributed by atoms with Crippen molar-refractivity contribution >= 4 is 17.5 Å². The maximum Gasteiger partial charge on any atom is 0.416 e. The van der Waals surface area contributed by atoms with Crippen LogP contribution in [0.1, 0.15) is 54.1 Å². The highest BCUT2D eigenvalue weighted by atomic mass is 19.4. The topological polar surface area (TPSA) is 61.7 Å². The first kappa shape index (κ1) is 24.8. The smallest absolute Gasteiger partial charge is 0.372 e. The van der Waals surface area contributed by atoms with Crippen molar-refractivity contribution in [1.82, 2.24) is 19.6 Å². The van der Waals surface area contributed by atoms with Crippen LogP contribution in [0.5, 0.6) is 0 Å². The zero-order chi connectivity index (χ0) is 25.6. The van der Waals surface area contributed by atoms with E-state index in [0.29, 0.717) is 41.7 Å². The van der Waals surface area contributed by atoms with Crippen LogP contribution in [0.3, 0.4) is 0 Å². The first-order valence-corrected chi connectivity index (χ1v) is 12.6. The molecule has 0 radical (unpaired) electrons. The molecule has 3 atom stereocenters. The number of aromatic nitrogens is 2. The number of benzene rings is 1. The average molecular weight is 504 g/mol. The van der Waals surface area contributed by atoms with E-state index in [-0.39, 0.29) is 24.4 Å². The highest BCUT2D eigenvalue weighted by Gasteiger charge is 2.44. The van der Waals surface area contributed by atoms with E-state index in [1.54, 1.807) is 11.0 Å². The number of hydrogen-bond acceptors (Lipinski definition) is 5. The fraction of sp³-hybridized carbons (Fsp3) is 0.577. The van der Waals surface area contributed by atoms with Crippen molar-refractivity contribution in [2.45, 2.75) is 51.4 Å². The summed E-state index contributed by atoms with van der Waals surface area (Å²) in [5.74, 6) is 0.477. The second-order valence-corrected chi connectivity index (χ2v) is 10.5. The number of halogens is 3. The van der Waals surface area contributed by atoms with E-state index in [1.165, 1.54) is 30.1 Å². The van der Waals surface area contributed by atoms with Gasteiger partial charge in [0.05, 0.1) is 17.3 Å². The molecule has 1 aliphatic carbocycles. The molecule has 2 saturated heterocycles. The van der Waals surface area contributed by atoms with Crippen LogP contribution in [0.2, 0.25) is 0 Å². The Kier molecular flexibility index (Phi) is 6.57. The van der Waals surface area contributed by atoms with Crippen molar-refractivity contribution in [2.75, 3.05) is 38.1 Å². The van der Waals surface area contributed by atoms with Crippen LogP contribution in [0, 0.1) is 11.8 Å². The lowest BCUT2D eigenvalue weighted by Crippen LogP contribution is -2.36. The number of amides is 1. The third-order valence-electron chi connectivity index (χ3n) is 8.09. The number of rotatable bonds is 5. The van der Waals surface area contributed by atoms with Crippen molar-refractivity contribution in [2.24, 2.45) is 11.8 Å². The molecule has 2 aromatic rings. The van der Waals surface area contributed by atoms with Gasteiger partial charge in [-0.3, -0.25) is 9.69 Å². The van der Waals surface area contributed by atoms with E-state index in [9.17, 15) is 22.8 Å². The third-order valence-corrected chi connectivity index (χ3v) is 8.09. The minimum absolute atomic E-state index is 0.141. The Morgan fingerprint density at radius 2 is 1.78 bits per heavy atom. The van der Waals surface area contributed by atoms with Gasteiger partial charge in [0.15, 0.2) is 5.78 Å². The van der Waals surface area contributed by atoms with E-state index in [2.05, 4.69) is 5.10 Å². The first-order valence-electron chi connectivity index (χ1n) is 12.6. The van der Waals surface area contributed by atoms with Crippen LogP contribution in [0.4, 0.5) is 23.7 Å². The number of alkyl halides is 3. The molecule has 3 aliphatic rings. The molecule has 0 N–H and O–H groups in total. The molecule has 1 aromatic carbocycles. The van der Waals surface area contributed by atoms with Gasteiger partial charge in [-0.15, -0.1) is 0 Å². The van der Waals surface area contributed by atoms with Crippen LogP contribution in [0.15, 0.2) is 30.6 Å². The number of likely N-dealkylation sites (tertiary alicyclic amines) is 1. The summed E-state index contributed by atoms with van der Waals surface area (Å²) in [7, 11) is 1.90. The van der Waals surface area contributed by atoms with Gasteiger partial charge in [-0.2, -0.15) is 23.0 Å². The predicted molar refractivity (Wildman–Crippen MR) is 129 cm³/mol. The summed E-state index contributed by atoms with van der Waals surface area (Å²) < 4.78 is 43.0. The lowest BCUT2D eigenvalue weighted by molar-refractivity contribution is -0.138. The van der Waals surface area contributed by atoms with Gasteiger partial charge in [0.1, 0.15) is 0 Å². The van der Waals surface area contributed by atoms with Gasteiger partial charge < -0.3 is 9.80 Å². The van der Waals surface area contributed by atoms with Gasteiger partial charge in [0, 0.05) is 50.6 Å². The molecule has 36 heavy (non-hydrogen) atoms. The van der Waals surface area contributed by atoms with Crippen LogP contribution in [0.25, 0.3) is 0 Å². The number of anilines is 1. The zero-order valence-corrected chi connectivity index (χ0v) is 20.7. The van der Waals surface area contributed by atoms with Gasteiger partial charge in [-0.1, -0.05) is 6.07 Å². The normalized spacial score (nSPS) is 24.1. The zero-order valence-electron chi connectivity index (χ0n) is 20.7. The van der Waals surface area contributed by atoms with Gasteiger partial charge in [0.25, 0.3) is 0 Å². The molecule has 10 heteroatoms. The predicted octanol–water partition coefficient (Wildman–Crippen LogP) is 4.52. The first-order chi connectivity index (χ1) is 17.1. The number of carbonyl (C=O) groups is 2. The number of hydrogen-bond donors (Lipinski definition) is 0. The Morgan fingerprint density at radius 3 is 2.36 bits per heavy atom. The van der Waals surface area contributed by atoms with E-state index >= 15 is 0 Å². The molecular weight excluding hydrogens is 471 g/mol. The monoisotopic (exact) mass is 503 g/mol. The fourth-order valence-electron chi connectivity index (χ4n) is 6.07. The maximum atomic E-state index is 13.9. The van der Waals surface area contributed by atoms with Gasteiger partial charge >= 0.3 is 12.2 Å². The van der Waals surface area contributed by atoms with E-state index in [4.69, 9.17) is 0 Å². The summed E-state index contributed by atoms with van der Waals surface area (Å²) in [5.41, 5.74) is 0.815. The molecule has 1 saturated carbocycles. The number of carbonyl (C=O) groups excluding carboxylic acids is 2. The molecule has 1 unspecified atom stereocenters. The molecule has 194 valence electrons. The second kappa shape index (κ2) is 9.53. The molecule has 1 amide bonds.